The third kappa shape index (κ3) is 5.05. The molecular weight excluding hydrogens is 298 g/mol. The van der Waals surface area contributed by atoms with E-state index in [1.807, 2.05) is 18.5 Å². The first kappa shape index (κ1) is 16.9. The average Bonchev–Trinajstić information content (AvgIpc) is 2.66. The Balaban J connectivity index is 1.37. The molecule has 3 rings (SSSR count). The Labute approximate surface area is 144 Å². The molecule has 0 bridgehead atoms. The maximum Gasteiger partial charge on any atom is 0.119 e. The lowest BCUT2D eigenvalue weighted by molar-refractivity contribution is 0.199. The van der Waals surface area contributed by atoms with E-state index in [1.165, 1.54) is 37.1 Å². The van der Waals surface area contributed by atoms with Crippen molar-refractivity contribution >= 4 is 0 Å². The SMILES string of the molecule is COc1cccc(CNC2CCN(CCc3ccncc3)CC2)c1. The summed E-state index contributed by atoms with van der Waals surface area (Å²) in [6.07, 6.45) is 7.32. The maximum absolute atomic E-state index is 5.29. The number of benzene rings is 1. The fraction of sp³-hybridized carbons (Fsp3) is 0.450. The lowest BCUT2D eigenvalue weighted by Gasteiger charge is -2.32. The first-order chi connectivity index (χ1) is 11.8. The van der Waals surface area contributed by atoms with Crippen LogP contribution >= 0.6 is 0 Å². The predicted octanol–water partition coefficient (Wildman–Crippen LogP) is 2.89. The second-order valence-corrected chi connectivity index (χ2v) is 6.45. The number of pyridine rings is 1. The van der Waals surface area contributed by atoms with Crippen molar-refractivity contribution in [3.63, 3.8) is 0 Å². The Hall–Kier alpha value is -1.91. The minimum absolute atomic E-state index is 0.619. The molecule has 1 fully saturated rings. The number of hydrogen-bond donors (Lipinski definition) is 1. The van der Waals surface area contributed by atoms with Crippen LogP contribution in [-0.4, -0.2) is 42.7 Å². The summed E-state index contributed by atoms with van der Waals surface area (Å²) in [5.41, 5.74) is 2.66. The van der Waals surface area contributed by atoms with Crippen molar-refractivity contribution in [1.29, 1.82) is 0 Å². The van der Waals surface area contributed by atoms with Crippen molar-refractivity contribution < 1.29 is 4.74 Å². The number of piperidine rings is 1. The molecule has 0 atom stereocenters. The Kier molecular flexibility index (Phi) is 6.21. The Bertz CT molecular complexity index is 609. The van der Waals surface area contributed by atoms with Gasteiger partial charge in [-0.05, 0) is 67.7 Å². The molecule has 1 aliphatic rings. The van der Waals surface area contributed by atoms with Crippen LogP contribution in [0.2, 0.25) is 0 Å². The van der Waals surface area contributed by atoms with E-state index in [-0.39, 0.29) is 0 Å². The second-order valence-electron chi connectivity index (χ2n) is 6.45. The van der Waals surface area contributed by atoms with Gasteiger partial charge < -0.3 is 15.0 Å². The highest BCUT2D eigenvalue weighted by molar-refractivity contribution is 5.28. The molecule has 4 heteroatoms. The minimum Gasteiger partial charge on any atom is -0.497 e. The molecule has 0 saturated carbocycles. The van der Waals surface area contributed by atoms with E-state index in [0.717, 1.165) is 25.3 Å². The third-order valence-electron chi connectivity index (χ3n) is 4.78. The van der Waals surface area contributed by atoms with Crippen LogP contribution in [0.3, 0.4) is 0 Å². The highest BCUT2D eigenvalue weighted by Gasteiger charge is 2.18. The van der Waals surface area contributed by atoms with E-state index < -0.39 is 0 Å². The van der Waals surface area contributed by atoms with Gasteiger partial charge in [-0.1, -0.05) is 12.1 Å². The highest BCUT2D eigenvalue weighted by atomic mass is 16.5. The molecule has 4 nitrogen and oxygen atoms in total. The van der Waals surface area contributed by atoms with Gasteiger partial charge >= 0.3 is 0 Å². The third-order valence-corrected chi connectivity index (χ3v) is 4.78. The molecule has 0 amide bonds. The van der Waals surface area contributed by atoms with Gasteiger partial charge in [-0.15, -0.1) is 0 Å². The van der Waals surface area contributed by atoms with Gasteiger partial charge in [-0.2, -0.15) is 0 Å². The van der Waals surface area contributed by atoms with Crippen molar-refractivity contribution in [2.45, 2.75) is 31.8 Å². The smallest absolute Gasteiger partial charge is 0.119 e. The van der Waals surface area contributed by atoms with Gasteiger partial charge in [-0.3, -0.25) is 4.98 Å². The lowest BCUT2D eigenvalue weighted by atomic mass is 10.0. The van der Waals surface area contributed by atoms with E-state index in [0.29, 0.717) is 6.04 Å². The fourth-order valence-electron chi connectivity index (χ4n) is 3.24. The molecular formula is C20H27N3O. The van der Waals surface area contributed by atoms with Crippen LogP contribution in [0.15, 0.2) is 48.8 Å². The van der Waals surface area contributed by atoms with Crippen LogP contribution in [0, 0.1) is 0 Å². The highest BCUT2D eigenvalue weighted by Crippen LogP contribution is 2.15. The van der Waals surface area contributed by atoms with Crippen LogP contribution in [0.25, 0.3) is 0 Å². The summed E-state index contributed by atoms with van der Waals surface area (Å²) in [4.78, 5) is 6.65. The molecule has 0 unspecified atom stereocenters. The Morgan fingerprint density at radius 1 is 1.12 bits per heavy atom. The van der Waals surface area contributed by atoms with Gasteiger partial charge in [0, 0.05) is 31.5 Å². The Morgan fingerprint density at radius 3 is 2.67 bits per heavy atom. The first-order valence-corrected chi connectivity index (χ1v) is 8.81. The van der Waals surface area contributed by atoms with Crippen molar-refractivity contribution in [2.75, 3.05) is 26.7 Å². The van der Waals surface area contributed by atoms with Crippen LogP contribution in [0.5, 0.6) is 5.75 Å². The zero-order chi connectivity index (χ0) is 16.6. The van der Waals surface area contributed by atoms with E-state index in [4.69, 9.17) is 4.74 Å². The van der Waals surface area contributed by atoms with Crippen molar-refractivity contribution in [3.05, 3.63) is 59.9 Å². The van der Waals surface area contributed by atoms with Gasteiger partial charge in [0.15, 0.2) is 0 Å². The molecule has 1 N–H and O–H groups in total. The number of methoxy groups -OCH3 is 1. The molecule has 1 aromatic heterocycles. The zero-order valence-corrected chi connectivity index (χ0v) is 14.4. The molecule has 0 spiro atoms. The van der Waals surface area contributed by atoms with Crippen molar-refractivity contribution in [3.8, 4) is 5.75 Å². The summed E-state index contributed by atoms with van der Waals surface area (Å²) in [7, 11) is 1.72. The van der Waals surface area contributed by atoms with Crippen molar-refractivity contribution in [2.24, 2.45) is 0 Å². The normalized spacial score (nSPS) is 16.2. The summed E-state index contributed by atoms with van der Waals surface area (Å²) in [5.74, 6) is 0.931. The van der Waals surface area contributed by atoms with Gasteiger partial charge in [0.25, 0.3) is 0 Å². The van der Waals surface area contributed by atoms with Gasteiger partial charge in [0.05, 0.1) is 7.11 Å². The van der Waals surface area contributed by atoms with E-state index >= 15 is 0 Å². The largest absolute Gasteiger partial charge is 0.497 e. The van der Waals surface area contributed by atoms with Crippen molar-refractivity contribution in [1.82, 2.24) is 15.2 Å². The molecule has 2 aromatic rings. The van der Waals surface area contributed by atoms with Gasteiger partial charge in [0.2, 0.25) is 0 Å². The molecule has 1 saturated heterocycles. The van der Waals surface area contributed by atoms with Crippen LogP contribution in [-0.2, 0) is 13.0 Å². The summed E-state index contributed by atoms with van der Waals surface area (Å²) >= 11 is 0. The molecule has 1 aromatic carbocycles. The molecule has 0 aliphatic carbocycles. The maximum atomic E-state index is 5.29. The fourth-order valence-corrected chi connectivity index (χ4v) is 3.24. The number of nitrogens with zero attached hydrogens (tertiary/aromatic N) is 2. The number of aromatic nitrogens is 1. The Morgan fingerprint density at radius 2 is 1.92 bits per heavy atom. The second kappa shape index (κ2) is 8.81. The zero-order valence-electron chi connectivity index (χ0n) is 14.4. The number of rotatable bonds is 7. The minimum atomic E-state index is 0.619. The van der Waals surface area contributed by atoms with E-state index in [9.17, 15) is 0 Å². The van der Waals surface area contributed by atoms with Crippen LogP contribution < -0.4 is 10.1 Å². The van der Waals surface area contributed by atoms with E-state index in [2.05, 4.69) is 45.5 Å². The molecule has 2 heterocycles. The lowest BCUT2D eigenvalue weighted by Crippen LogP contribution is -2.42. The van der Waals surface area contributed by atoms with Crippen LogP contribution in [0.1, 0.15) is 24.0 Å². The van der Waals surface area contributed by atoms with Crippen LogP contribution in [0.4, 0.5) is 0 Å². The molecule has 0 radical (unpaired) electrons. The van der Waals surface area contributed by atoms with Gasteiger partial charge in [-0.25, -0.2) is 0 Å². The number of ether oxygens (including phenoxy) is 1. The van der Waals surface area contributed by atoms with Gasteiger partial charge in [0.1, 0.15) is 5.75 Å². The monoisotopic (exact) mass is 325 g/mol. The summed E-state index contributed by atoms with van der Waals surface area (Å²) in [5, 5.41) is 3.69. The molecule has 1 aliphatic heterocycles. The van der Waals surface area contributed by atoms with E-state index in [1.54, 1.807) is 7.11 Å². The molecule has 128 valence electrons. The topological polar surface area (TPSA) is 37.4 Å². The average molecular weight is 325 g/mol. The summed E-state index contributed by atoms with van der Waals surface area (Å²) in [6.45, 7) is 4.42. The number of likely N-dealkylation sites (tertiary alicyclic amines) is 1. The summed E-state index contributed by atoms with van der Waals surface area (Å²) < 4.78 is 5.29. The predicted molar refractivity (Wildman–Crippen MR) is 97.2 cm³/mol. The summed E-state index contributed by atoms with van der Waals surface area (Å²) in [6, 6.07) is 13.2. The number of nitrogens with one attached hydrogen (secondary N) is 1. The standard InChI is InChI=1S/C20H27N3O/c1-24-20-4-2-3-18(15-20)16-22-19-8-13-23(14-9-19)12-7-17-5-10-21-11-6-17/h2-6,10-11,15,19,22H,7-9,12-14,16H2,1H3. The molecule has 24 heavy (non-hydrogen) atoms. The quantitative estimate of drug-likeness (QED) is 0.849. The number of hydrogen-bond acceptors (Lipinski definition) is 4. The first-order valence-electron chi connectivity index (χ1n) is 8.81.